The average Bonchev–Trinajstić information content (AvgIpc) is 3.66. The van der Waals surface area contributed by atoms with Gasteiger partial charge in [0.15, 0.2) is 11.7 Å². The molecule has 2 spiro atoms. The quantitative estimate of drug-likeness (QED) is 0.303. The monoisotopic (exact) mass is 443 g/mol. The molecule has 0 bridgehead atoms. The Bertz CT molecular complexity index is 1020. The van der Waals surface area contributed by atoms with E-state index in [4.69, 9.17) is 23.7 Å². The topological polar surface area (TPSA) is 102 Å². The van der Waals surface area contributed by atoms with Gasteiger partial charge in [-0.25, -0.2) is 4.79 Å². The van der Waals surface area contributed by atoms with Crippen molar-refractivity contribution >= 4 is 11.9 Å². The first kappa shape index (κ1) is 19.6. The summed E-state index contributed by atoms with van der Waals surface area (Å²) in [5, 5.41) is 2.58. The van der Waals surface area contributed by atoms with Crippen LogP contribution in [0.1, 0.15) is 40.0 Å². The average molecular weight is 443 g/mol. The van der Waals surface area contributed by atoms with Gasteiger partial charge in [0.25, 0.3) is 0 Å². The zero-order chi connectivity index (χ0) is 22.3. The smallest absolute Gasteiger partial charge is 0.334 e. The van der Waals surface area contributed by atoms with Gasteiger partial charge in [-0.1, -0.05) is 20.8 Å². The summed E-state index contributed by atoms with van der Waals surface area (Å²) in [6.07, 6.45) is 4.78. The summed E-state index contributed by atoms with van der Waals surface area (Å²) in [6, 6.07) is 0. The third-order valence-corrected chi connectivity index (χ3v) is 9.75. The summed E-state index contributed by atoms with van der Waals surface area (Å²) in [5.41, 5.74) is 0.216. The number of likely N-dealkylation sites (N-methyl/N-ethyl adjacent to an activating group) is 1. The van der Waals surface area contributed by atoms with Crippen molar-refractivity contribution in [2.45, 2.75) is 81.3 Å². The maximum absolute atomic E-state index is 12.3. The predicted octanol–water partition coefficient (Wildman–Crippen LogP) is 1.39. The minimum atomic E-state index is -0.602. The van der Waals surface area contributed by atoms with Crippen molar-refractivity contribution in [3.05, 3.63) is 23.5 Å². The van der Waals surface area contributed by atoms with Gasteiger partial charge in [-0.3, -0.25) is 4.79 Å². The van der Waals surface area contributed by atoms with E-state index in [1.54, 1.807) is 7.05 Å². The Morgan fingerprint density at radius 2 is 2.06 bits per heavy atom. The van der Waals surface area contributed by atoms with E-state index in [-0.39, 0.29) is 53.5 Å². The van der Waals surface area contributed by atoms with Gasteiger partial charge in [0.2, 0.25) is 5.91 Å². The van der Waals surface area contributed by atoms with Crippen LogP contribution in [-0.4, -0.2) is 66.8 Å². The molecule has 7 rings (SSSR count). The first-order valence-corrected chi connectivity index (χ1v) is 11.7. The summed E-state index contributed by atoms with van der Waals surface area (Å²) >= 11 is 0. The molecule has 3 saturated heterocycles. The third-order valence-electron chi connectivity index (χ3n) is 9.75. The Morgan fingerprint density at radius 1 is 1.25 bits per heavy atom. The normalized spacial score (nSPS) is 53.4. The number of ether oxygens (including phenoxy) is 5. The molecule has 7 aliphatic rings. The van der Waals surface area contributed by atoms with Crippen molar-refractivity contribution in [1.29, 1.82) is 0 Å². The van der Waals surface area contributed by atoms with Crippen molar-refractivity contribution < 1.29 is 33.3 Å². The van der Waals surface area contributed by atoms with Crippen molar-refractivity contribution in [1.82, 2.24) is 5.32 Å². The molecular weight excluding hydrogens is 414 g/mol. The third kappa shape index (κ3) is 1.83. The highest BCUT2D eigenvalue weighted by molar-refractivity contribution is 5.92. The number of hydrogen-bond acceptors (Lipinski definition) is 7. The van der Waals surface area contributed by atoms with Crippen molar-refractivity contribution in [2.75, 3.05) is 13.7 Å². The highest BCUT2D eigenvalue weighted by Gasteiger charge is 3.01. The first-order valence-electron chi connectivity index (χ1n) is 11.7. The maximum atomic E-state index is 12.3. The highest BCUT2D eigenvalue weighted by Crippen LogP contribution is 2.83. The number of cyclic esters (lactones) is 1. The number of amides is 1. The molecule has 3 aliphatic carbocycles. The summed E-state index contributed by atoms with van der Waals surface area (Å²) < 4.78 is 31.5. The molecule has 0 aromatic heterocycles. The fourth-order valence-electron chi connectivity index (χ4n) is 8.13. The lowest BCUT2D eigenvalue weighted by Crippen LogP contribution is -2.69. The summed E-state index contributed by atoms with van der Waals surface area (Å²) in [4.78, 5) is 24.0. The lowest BCUT2D eigenvalue weighted by atomic mass is 9.46. The fourth-order valence-corrected chi connectivity index (χ4v) is 8.13. The highest BCUT2D eigenvalue weighted by atomic mass is 16.8. The standard InChI is InChI=1S/C24H29NO7/c1-11(2)22-17(31-22)18-24(32-18)21(3)7-5-12-13(10-29-19(12)27)14(21)9-15-23(24,30-15)20(22)28-8-6-16(26)25-4/h6,8,11,14-15,17-18,20H,5,7,9-10H2,1-4H3,(H,25,26)/b8-6+/t14-,15-,17-,18-,20+,21-,22-,23+,24+/m0/s1. The number of fused-ring (bicyclic) bond motifs is 4. The van der Waals surface area contributed by atoms with E-state index < -0.39 is 16.8 Å². The Kier molecular flexibility index (Phi) is 3.42. The molecule has 2 saturated carbocycles. The molecule has 9 atom stereocenters. The van der Waals surface area contributed by atoms with E-state index in [2.05, 4.69) is 26.1 Å². The molecule has 8 heteroatoms. The van der Waals surface area contributed by atoms with E-state index in [9.17, 15) is 9.59 Å². The van der Waals surface area contributed by atoms with Crippen LogP contribution in [-0.2, 0) is 33.3 Å². The second kappa shape index (κ2) is 5.59. The number of carbonyl (C=O) groups is 2. The van der Waals surface area contributed by atoms with Crippen LogP contribution in [0.3, 0.4) is 0 Å². The number of rotatable bonds is 4. The summed E-state index contributed by atoms with van der Waals surface area (Å²) in [7, 11) is 1.59. The molecule has 0 aromatic carbocycles. The number of carbonyl (C=O) groups excluding carboxylic acids is 2. The van der Waals surface area contributed by atoms with Gasteiger partial charge >= 0.3 is 5.97 Å². The largest absolute Gasteiger partial charge is 0.491 e. The number of nitrogens with one attached hydrogen (secondary N) is 1. The summed E-state index contributed by atoms with van der Waals surface area (Å²) in [6.45, 7) is 6.98. The molecule has 32 heavy (non-hydrogen) atoms. The van der Waals surface area contributed by atoms with Crippen molar-refractivity contribution in [3.8, 4) is 0 Å². The van der Waals surface area contributed by atoms with Gasteiger partial charge in [-0.05, 0) is 36.7 Å². The second-order valence-corrected chi connectivity index (χ2v) is 10.9. The van der Waals surface area contributed by atoms with Crippen LogP contribution in [0.15, 0.2) is 23.5 Å². The van der Waals surface area contributed by atoms with Crippen LogP contribution in [0.2, 0.25) is 0 Å². The molecule has 0 radical (unpaired) electrons. The van der Waals surface area contributed by atoms with E-state index in [1.807, 2.05) is 0 Å². The SMILES string of the molecule is CNC(=O)/C=C/O[C@@H]1[C@@]2(C(C)C)O[C@H]2[C@@H]2O[C@]23[C@]12O[C@H]2C[C@H]1C2=C(CC[C@@]13C)C(=O)OC2. The molecule has 1 amide bonds. The van der Waals surface area contributed by atoms with E-state index in [0.29, 0.717) is 13.0 Å². The first-order chi connectivity index (χ1) is 15.3. The van der Waals surface area contributed by atoms with Gasteiger partial charge in [0.1, 0.15) is 30.0 Å². The minimum Gasteiger partial charge on any atom is -0.491 e. The molecule has 1 N–H and O–H groups in total. The molecular formula is C24H29NO7. The molecule has 0 aromatic rings. The van der Waals surface area contributed by atoms with Crippen LogP contribution in [0, 0.1) is 17.3 Å². The zero-order valence-electron chi connectivity index (χ0n) is 18.8. The second-order valence-electron chi connectivity index (χ2n) is 10.9. The fraction of sp³-hybridized carbons (Fsp3) is 0.750. The lowest BCUT2D eigenvalue weighted by molar-refractivity contribution is -0.136. The van der Waals surface area contributed by atoms with Crippen LogP contribution >= 0.6 is 0 Å². The van der Waals surface area contributed by atoms with Gasteiger partial charge in [0, 0.05) is 24.1 Å². The predicted molar refractivity (Wildman–Crippen MR) is 109 cm³/mol. The van der Waals surface area contributed by atoms with Gasteiger partial charge in [0.05, 0.1) is 12.4 Å². The van der Waals surface area contributed by atoms with Gasteiger partial charge in [-0.15, -0.1) is 0 Å². The molecule has 4 heterocycles. The summed E-state index contributed by atoms with van der Waals surface area (Å²) in [5.74, 6) is 0.0204. The Morgan fingerprint density at radius 3 is 2.81 bits per heavy atom. The zero-order valence-corrected chi connectivity index (χ0v) is 18.8. The molecule has 5 fully saturated rings. The lowest BCUT2D eigenvalue weighted by Gasteiger charge is -2.53. The van der Waals surface area contributed by atoms with Crippen molar-refractivity contribution in [2.24, 2.45) is 17.3 Å². The number of epoxide rings is 3. The minimum absolute atomic E-state index is 0.0349. The van der Waals surface area contributed by atoms with Gasteiger partial charge < -0.3 is 29.0 Å². The van der Waals surface area contributed by atoms with Crippen LogP contribution < -0.4 is 5.32 Å². The van der Waals surface area contributed by atoms with E-state index >= 15 is 0 Å². The maximum Gasteiger partial charge on any atom is 0.334 e. The van der Waals surface area contributed by atoms with E-state index in [0.717, 1.165) is 24.0 Å². The molecule has 4 aliphatic heterocycles. The number of hydrogen-bond donors (Lipinski definition) is 1. The molecule has 0 unspecified atom stereocenters. The van der Waals surface area contributed by atoms with Crippen LogP contribution in [0.4, 0.5) is 0 Å². The van der Waals surface area contributed by atoms with E-state index in [1.165, 1.54) is 12.3 Å². The molecule has 8 nitrogen and oxygen atoms in total. The van der Waals surface area contributed by atoms with Crippen molar-refractivity contribution in [3.63, 3.8) is 0 Å². The Balaban J connectivity index is 1.32. The Hall–Kier alpha value is -1.90. The van der Waals surface area contributed by atoms with Crippen LogP contribution in [0.25, 0.3) is 0 Å². The molecule has 172 valence electrons. The Labute approximate surface area is 186 Å². The van der Waals surface area contributed by atoms with Gasteiger partial charge in [-0.2, -0.15) is 0 Å². The van der Waals surface area contributed by atoms with Crippen LogP contribution in [0.5, 0.6) is 0 Å². The number of esters is 1.